The van der Waals surface area contributed by atoms with Crippen LogP contribution in [0.15, 0.2) is 24.3 Å². The van der Waals surface area contributed by atoms with Gasteiger partial charge in [-0.25, -0.2) is 0 Å². The molecule has 1 aliphatic rings. The Balaban J connectivity index is 1.62. The molecule has 20 heavy (non-hydrogen) atoms. The summed E-state index contributed by atoms with van der Waals surface area (Å²) in [7, 11) is 0. The minimum absolute atomic E-state index is 0.0783. The molecule has 0 heterocycles. The van der Waals surface area contributed by atoms with E-state index in [-0.39, 0.29) is 12.1 Å². The zero-order valence-corrected chi connectivity index (χ0v) is 13.5. The van der Waals surface area contributed by atoms with Crippen molar-refractivity contribution in [2.45, 2.75) is 56.9 Å². The van der Waals surface area contributed by atoms with Crippen LogP contribution < -0.4 is 5.32 Å². The van der Waals surface area contributed by atoms with Crippen LogP contribution >= 0.6 is 11.8 Å². The number of nitrogens with one attached hydrogen (secondary N) is 1. The van der Waals surface area contributed by atoms with E-state index in [2.05, 4.69) is 43.4 Å². The summed E-state index contributed by atoms with van der Waals surface area (Å²) < 4.78 is 0. The first kappa shape index (κ1) is 15.9. The smallest absolute Gasteiger partial charge is 0.0610 e. The highest BCUT2D eigenvalue weighted by atomic mass is 32.2. The second-order valence-electron chi connectivity index (χ2n) is 6.28. The van der Waals surface area contributed by atoms with Crippen molar-refractivity contribution in [1.29, 1.82) is 0 Å². The molecular weight excluding hydrogens is 266 g/mol. The first-order valence-corrected chi connectivity index (χ1v) is 8.79. The lowest BCUT2D eigenvalue weighted by Gasteiger charge is -2.29. The van der Waals surface area contributed by atoms with Crippen molar-refractivity contribution < 1.29 is 5.11 Å². The number of aryl methyl sites for hydroxylation is 1. The SMILES string of the molecule is Cc1cccc(CSCCCC(C)(CO)NC2CC2)c1. The summed E-state index contributed by atoms with van der Waals surface area (Å²) in [6.07, 6.45) is 4.77. The minimum atomic E-state index is -0.0783. The van der Waals surface area contributed by atoms with Crippen molar-refractivity contribution in [3.8, 4) is 0 Å². The fourth-order valence-electron chi connectivity index (χ4n) is 2.47. The number of hydrogen-bond donors (Lipinski definition) is 2. The average Bonchev–Trinajstić information content (AvgIpc) is 3.22. The van der Waals surface area contributed by atoms with Crippen LogP contribution in [-0.4, -0.2) is 29.0 Å². The topological polar surface area (TPSA) is 32.3 Å². The van der Waals surface area contributed by atoms with Crippen molar-refractivity contribution in [1.82, 2.24) is 5.32 Å². The number of aliphatic hydroxyl groups is 1. The van der Waals surface area contributed by atoms with E-state index in [1.54, 1.807) is 0 Å². The monoisotopic (exact) mass is 293 g/mol. The molecule has 2 N–H and O–H groups in total. The fourth-order valence-corrected chi connectivity index (χ4v) is 3.38. The van der Waals surface area contributed by atoms with Gasteiger partial charge in [-0.1, -0.05) is 29.8 Å². The van der Waals surface area contributed by atoms with E-state index in [9.17, 15) is 5.11 Å². The Bertz CT molecular complexity index is 419. The Kier molecular flexibility index (Phi) is 5.94. The first-order chi connectivity index (χ1) is 9.61. The van der Waals surface area contributed by atoms with E-state index in [4.69, 9.17) is 0 Å². The van der Waals surface area contributed by atoms with E-state index in [0.717, 1.165) is 24.3 Å². The van der Waals surface area contributed by atoms with Gasteiger partial charge in [0.15, 0.2) is 0 Å². The van der Waals surface area contributed by atoms with Gasteiger partial charge in [0.2, 0.25) is 0 Å². The largest absolute Gasteiger partial charge is 0.394 e. The van der Waals surface area contributed by atoms with Crippen LogP contribution in [0.2, 0.25) is 0 Å². The summed E-state index contributed by atoms with van der Waals surface area (Å²) in [6, 6.07) is 9.40. The third-order valence-corrected chi connectivity index (χ3v) is 4.96. The van der Waals surface area contributed by atoms with Crippen LogP contribution in [-0.2, 0) is 5.75 Å². The van der Waals surface area contributed by atoms with E-state index in [1.165, 1.54) is 24.0 Å². The summed E-state index contributed by atoms with van der Waals surface area (Å²) >= 11 is 1.99. The lowest BCUT2D eigenvalue weighted by atomic mass is 9.97. The molecule has 112 valence electrons. The molecule has 3 heteroatoms. The van der Waals surface area contributed by atoms with Crippen molar-refractivity contribution in [3.05, 3.63) is 35.4 Å². The average molecular weight is 293 g/mol. The van der Waals surface area contributed by atoms with Crippen molar-refractivity contribution in [3.63, 3.8) is 0 Å². The Hall–Kier alpha value is -0.510. The molecule has 1 aromatic carbocycles. The standard InChI is InChI=1S/C17H27NOS/c1-14-5-3-6-15(11-14)12-20-10-4-9-17(2,13-19)18-16-7-8-16/h3,5-6,11,16,18-19H,4,7-10,12-13H2,1-2H3. The quantitative estimate of drug-likeness (QED) is 0.683. The number of hydrogen-bond acceptors (Lipinski definition) is 3. The molecule has 1 unspecified atom stereocenters. The molecule has 1 aromatic rings. The van der Waals surface area contributed by atoms with Crippen molar-refractivity contribution in [2.75, 3.05) is 12.4 Å². The van der Waals surface area contributed by atoms with E-state index < -0.39 is 0 Å². The summed E-state index contributed by atoms with van der Waals surface area (Å²) in [4.78, 5) is 0. The summed E-state index contributed by atoms with van der Waals surface area (Å²) in [5.41, 5.74) is 2.67. The molecule has 2 nitrogen and oxygen atoms in total. The van der Waals surface area contributed by atoms with Crippen LogP contribution in [0.5, 0.6) is 0 Å². The van der Waals surface area contributed by atoms with Crippen LogP contribution in [0.3, 0.4) is 0 Å². The molecule has 0 saturated heterocycles. The Morgan fingerprint density at radius 1 is 1.40 bits per heavy atom. The zero-order chi connectivity index (χ0) is 14.4. The van der Waals surface area contributed by atoms with E-state index in [0.29, 0.717) is 6.04 Å². The third-order valence-electron chi connectivity index (χ3n) is 3.85. The molecule has 0 spiro atoms. The molecular formula is C17H27NOS. The minimum Gasteiger partial charge on any atom is -0.394 e. The zero-order valence-electron chi connectivity index (χ0n) is 12.7. The molecule has 2 rings (SSSR count). The lowest BCUT2D eigenvalue weighted by molar-refractivity contribution is 0.163. The van der Waals surface area contributed by atoms with Gasteiger partial charge in [-0.3, -0.25) is 0 Å². The maximum atomic E-state index is 9.56. The molecule has 0 aromatic heterocycles. The van der Waals surface area contributed by atoms with Gasteiger partial charge in [0.05, 0.1) is 6.61 Å². The molecule has 1 aliphatic carbocycles. The summed E-state index contributed by atoms with van der Waals surface area (Å²) in [5, 5.41) is 13.1. The van der Waals surface area contributed by atoms with E-state index >= 15 is 0 Å². The third kappa shape index (κ3) is 5.47. The van der Waals surface area contributed by atoms with Crippen LogP contribution in [0.25, 0.3) is 0 Å². The first-order valence-electron chi connectivity index (χ1n) is 7.63. The van der Waals surface area contributed by atoms with Crippen molar-refractivity contribution >= 4 is 11.8 Å². The number of rotatable bonds is 9. The molecule has 0 amide bonds. The highest BCUT2D eigenvalue weighted by Gasteiger charge is 2.31. The Labute approximate surface area is 127 Å². The molecule has 0 aliphatic heterocycles. The molecule has 1 saturated carbocycles. The second kappa shape index (κ2) is 7.48. The highest BCUT2D eigenvalue weighted by molar-refractivity contribution is 7.98. The van der Waals surface area contributed by atoms with Crippen LogP contribution in [0.4, 0.5) is 0 Å². The predicted octanol–water partition coefficient (Wildman–Crippen LogP) is 3.51. The van der Waals surface area contributed by atoms with Gasteiger partial charge < -0.3 is 10.4 Å². The predicted molar refractivity (Wildman–Crippen MR) is 88.2 cm³/mol. The summed E-state index contributed by atoms with van der Waals surface area (Å²) in [5.74, 6) is 2.25. The van der Waals surface area contributed by atoms with Crippen LogP contribution in [0.1, 0.15) is 43.7 Å². The fraction of sp³-hybridized carbons (Fsp3) is 0.647. The maximum Gasteiger partial charge on any atom is 0.0610 e. The molecule has 0 radical (unpaired) electrons. The normalized spacial score (nSPS) is 17.9. The maximum absolute atomic E-state index is 9.56. The number of thioether (sulfide) groups is 1. The van der Waals surface area contributed by atoms with Crippen molar-refractivity contribution in [2.24, 2.45) is 0 Å². The van der Waals surface area contributed by atoms with E-state index in [1.807, 2.05) is 11.8 Å². The Morgan fingerprint density at radius 2 is 2.20 bits per heavy atom. The van der Waals surface area contributed by atoms with Gasteiger partial charge in [0.1, 0.15) is 0 Å². The van der Waals surface area contributed by atoms with Crippen LogP contribution in [0, 0.1) is 6.92 Å². The van der Waals surface area contributed by atoms with Gasteiger partial charge in [-0.2, -0.15) is 11.8 Å². The molecule has 0 bridgehead atoms. The number of aliphatic hydroxyl groups excluding tert-OH is 1. The molecule has 1 fully saturated rings. The molecule has 1 atom stereocenters. The Morgan fingerprint density at radius 3 is 2.85 bits per heavy atom. The van der Waals surface area contributed by atoms with Gasteiger partial charge in [-0.05, 0) is 50.8 Å². The number of benzene rings is 1. The highest BCUT2D eigenvalue weighted by Crippen LogP contribution is 2.25. The van der Waals surface area contributed by atoms with Gasteiger partial charge in [0.25, 0.3) is 0 Å². The van der Waals surface area contributed by atoms with Gasteiger partial charge in [-0.15, -0.1) is 0 Å². The van der Waals surface area contributed by atoms with Gasteiger partial charge in [0, 0.05) is 17.3 Å². The van der Waals surface area contributed by atoms with Gasteiger partial charge >= 0.3 is 0 Å². The summed E-state index contributed by atoms with van der Waals surface area (Å²) in [6.45, 7) is 4.53. The lowest BCUT2D eigenvalue weighted by Crippen LogP contribution is -2.46. The second-order valence-corrected chi connectivity index (χ2v) is 7.39.